The Bertz CT molecular complexity index is 597. The van der Waals surface area contributed by atoms with E-state index in [0.29, 0.717) is 0 Å². The summed E-state index contributed by atoms with van der Waals surface area (Å²) >= 11 is 0. The van der Waals surface area contributed by atoms with Crippen molar-refractivity contribution in [2.75, 3.05) is 26.4 Å². The highest BCUT2D eigenvalue weighted by atomic mass is 33.1. The zero-order valence-electron chi connectivity index (χ0n) is 29.8. The molecule has 0 aromatic heterocycles. The van der Waals surface area contributed by atoms with E-state index in [1.54, 1.807) is 0 Å². The van der Waals surface area contributed by atoms with Crippen molar-refractivity contribution in [3.8, 4) is 0 Å². The van der Waals surface area contributed by atoms with Crippen LogP contribution >= 0.6 is 21.6 Å². The van der Waals surface area contributed by atoms with Crippen molar-refractivity contribution in [1.82, 2.24) is 4.90 Å². The molecule has 0 heterocycles. The van der Waals surface area contributed by atoms with Gasteiger partial charge in [-0.15, -0.1) is 0 Å². The highest BCUT2D eigenvalue weighted by Crippen LogP contribution is 2.33. The summed E-state index contributed by atoms with van der Waals surface area (Å²) in [5, 5.41) is 0.866. The lowest BCUT2D eigenvalue weighted by molar-refractivity contribution is 0.438. The van der Waals surface area contributed by atoms with Crippen molar-refractivity contribution in [2.45, 2.75) is 192 Å². The van der Waals surface area contributed by atoms with Gasteiger partial charge in [-0.25, -0.2) is 0 Å². The van der Waals surface area contributed by atoms with E-state index in [9.17, 15) is 0 Å². The fourth-order valence-electron chi connectivity index (χ4n) is 5.41. The molecule has 1 atom stereocenters. The first-order chi connectivity index (χ1) is 21.2. The van der Waals surface area contributed by atoms with Gasteiger partial charge in [0.2, 0.25) is 0 Å². The van der Waals surface area contributed by atoms with Gasteiger partial charge in [0.05, 0.1) is 0 Å². The van der Waals surface area contributed by atoms with Crippen LogP contribution in [0.4, 0.5) is 0 Å². The van der Waals surface area contributed by atoms with Crippen LogP contribution in [0.2, 0.25) is 0 Å². The van der Waals surface area contributed by atoms with Crippen molar-refractivity contribution < 1.29 is 0 Å². The van der Waals surface area contributed by atoms with Crippen LogP contribution in [0.1, 0.15) is 187 Å². The van der Waals surface area contributed by atoms with E-state index in [-0.39, 0.29) is 0 Å². The largest absolute Gasteiger partial charge is 0.309 e. The molecule has 0 spiro atoms. The molecule has 0 rings (SSSR count). The minimum Gasteiger partial charge on any atom is -0.309 e. The topological polar surface area (TPSA) is 3.24 Å². The standard InChI is InChI=1S/C40H77NS2/c1-5-7-9-11-13-15-17-19-21-23-25-27-29-31-33-35-37-40(43-42-39-38-41(3)4)36-34-32-30-28-26-24-22-20-18-16-14-12-10-8-6-2/h13,15,18-21,40H,5-12,14,16-17,22-39H2,1-4H3/b15-13-,20-18-,21-19-. The molecule has 43 heavy (non-hydrogen) atoms. The Kier molecular flexibility index (Phi) is 38.0. The third-order valence-corrected chi connectivity index (χ3v) is 11.3. The Morgan fingerprint density at radius 1 is 0.465 bits per heavy atom. The van der Waals surface area contributed by atoms with Crippen molar-refractivity contribution in [3.05, 3.63) is 36.5 Å². The maximum atomic E-state index is 2.45. The van der Waals surface area contributed by atoms with E-state index < -0.39 is 0 Å². The van der Waals surface area contributed by atoms with Crippen molar-refractivity contribution >= 4 is 21.6 Å². The van der Waals surface area contributed by atoms with E-state index in [1.165, 1.54) is 179 Å². The number of nitrogens with zero attached hydrogens (tertiary/aromatic N) is 1. The van der Waals surface area contributed by atoms with E-state index in [2.05, 4.69) is 90.9 Å². The molecular weight excluding hydrogens is 559 g/mol. The monoisotopic (exact) mass is 636 g/mol. The molecule has 0 radical (unpaired) electrons. The fraction of sp³-hybridized carbons (Fsp3) is 0.850. The summed E-state index contributed by atoms with van der Waals surface area (Å²) in [5.41, 5.74) is 0. The Hall–Kier alpha value is -0.120. The Morgan fingerprint density at radius 3 is 1.30 bits per heavy atom. The van der Waals surface area contributed by atoms with Gasteiger partial charge in [-0.2, -0.15) is 0 Å². The zero-order valence-corrected chi connectivity index (χ0v) is 31.4. The molecule has 1 unspecified atom stereocenters. The normalized spacial score (nSPS) is 13.0. The first-order valence-corrected chi connectivity index (χ1v) is 21.5. The second-order valence-corrected chi connectivity index (χ2v) is 15.9. The maximum Gasteiger partial charge on any atom is 0.0165 e. The zero-order chi connectivity index (χ0) is 31.3. The number of unbranched alkanes of at least 4 members (excludes halogenated alkanes) is 20. The predicted octanol–water partition coefficient (Wildman–Crippen LogP) is 14.5. The number of rotatable bonds is 35. The van der Waals surface area contributed by atoms with Crippen molar-refractivity contribution in [3.63, 3.8) is 0 Å². The number of hydrogen-bond donors (Lipinski definition) is 0. The molecule has 0 aromatic carbocycles. The molecule has 0 saturated heterocycles. The summed E-state index contributed by atoms with van der Waals surface area (Å²) in [6, 6.07) is 0. The minimum absolute atomic E-state index is 0.866. The van der Waals surface area contributed by atoms with Gasteiger partial charge >= 0.3 is 0 Å². The summed E-state index contributed by atoms with van der Waals surface area (Å²) in [5.74, 6) is 1.26. The highest BCUT2D eigenvalue weighted by Gasteiger charge is 2.10. The third kappa shape index (κ3) is 38.0. The second-order valence-electron chi connectivity index (χ2n) is 13.1. The van der Waals surface area contributed by atoms with Crippen molar-refractivity contribution in [1.29, 1.82) is 0 Å². The van der Waals surface area contributed by atoms with Gasteiger partial charge in [-0.05, 0) is 84.7 Å². The van der Waals surface area contributed by atoms with E-state index in [1.807, 2.05) is 0 Å². The number of hydrogen-bond acceptors (Lipinski definition) is 3. The van der Waals surface area contributed by atoms with Crippen LogP contribution in [-0.4, -0.2) is 36.5 Å². The summed E-state index contributed by atoms with van der Waals surface area (Å²) in [7, 11) is 8.72. The summed E-state index contributed by atoms with van der Waals surface area (Å²) in [4.78, 5) is 2.31. The average molecular weight is 636 g/mol. The van der Waals surface area contributed by atoms with Crippen LogP contribution in [0.15, 0.2) is 36.5 Å². The van der Waals surface area contributed by atoms with Crippen LogP contribution in [0, 0.1) is 0 Å². The van der Waals surface area contributed by atoms with Gasteiger partial charge in [-0.1, -0.05) is 175 Å². The SMILES string of the molecule is CCCCC/C=C\C/C=C\CCCCCCCCC(CCCCCCCC/C=C\CCCCCCC)SSCCN(C)C. The predicted molar refractivity (Wildman–Crippen MR) is 206 cm³/mol. The van der Waals surface area contributed by atoms with Gasteiger partial charge in [-0.3, -0.25) is 0 Å². The van der Waals surface area contributed by atoms with E-state index >= 15 is 0 Å². The lowest BCUT2D eigenvalue weighted by Gasteiger charge is -2.17. The Labute approximate surface area is 280 Å². The van der Waals surface area contributed by atoms with Crippen LogP contribution < -0.4 is 0 Å². The molecule has 0 bridgehead atoms. The molecule has 3 heteroatoms. The Balaban J connectivity index is 3.81. The van der Waals surface area contributed by atoms with Gasteiger partial charge < -0.3 is 4.90 Å². The third-order valence-electron chi connectivity index (χ3n) is 8.34. The molecule has 0 aromatic rings. The van der Waals surface area contributed by atoms with Crippen molar-refractivity contribution in [2.24, 2.45) is 0 Å². The molecule has 0 fully saturated rings. The fourth-order valence-corrected chi connectivity index (χ4v) is 8.33. The number of allylic oxidation sites excluding steroid dienone is 6. The van der Waals surface area contributed by atoms with Gasteiger partial charge in [0.15, 0.2) is 0 Å². The van der Waals surface area contributed by atoms with Gasteiger partial charge in [0, 0.05) is 17.5 Å². The second kappa shape index (κ2) is 38.1. The molecule has 0 saturated carbocycles. The molecule has 1 nitrogen and oxygen atoms in total. The first-order valence-electron chi connectivity index (χ1n) is 19.1. The summed E-state index contributed by atoms with van der Waals surface area (Å²) in [6.45, 7) is 5.77. The van der Waals surface area contributed by atoms with Gasteiger partial charge in [0.1, 0.15) is 0 Å². The smallest absolute Gasteiger partial charge is 0.0165 e. The summed E-state index contributed by atoms with van der Waals surface area (Å²) in [6.07, 6.45) is 51.6. The van der Waals surface area contributed by atoms with Crippen LogP contribution in [0.5, 0.6) is 0 Å². The lowest BCUT2D eigenvalue weighted by atomic mass is 10.0. The maximum absolute atomic E-state index is 2.45. The van der Waals surface area contributed by atoms with Crippen LogP contribution in [0.25, 0.3) is 0 Å². The molecule has 0 N–H and O–H groups in total. The molecule has 254 valence electrons. The Morgan fingerprint density at radius 2 is 0.837 bits per heavy atom. The molecule has 0 aliphatic carbocycles. The minimum atomic E-state index is 0.866. The molecule has 0 aliphatic rings. The average Bonchev–Trinajstić information content (AvgIpc) is 3.00. The quantitative estimate of drug-likeness (QED) is 0.0387. The highest BCUT2D eigenvalue weighted by molar-refractivity contribution is 8.76. The first kappa shape index (κ1) is 42.9. The summed E-state index contributed by atoms with van der Waals surface area (Å²) < 4.78 is 0. The molecular formula is C40H77NS2. The van der Waals surface area contributed by atoms with Gasteiger partial charge in [0.25, 0.3) is 0 Å². The van der Waals surface area contributed by atoms with Crippen LogP contribution in [-0.2, 0) is 0 Å². The molecule has 0 amide bonds. The van der Waals surface area contributed by atoms with E-state index in [0.717, 1.165) is 11.7 Å². The molecule has 0 aliphatic heterocycles. The lowest BCUT2D eigenvalue weighted by Crippen LogP contribution is -2.14. The van der Waals surface area contributed by atoms with E-state index in [4.69, 9.17) is 0 Å². The van der Waals surface area contributed by atoms with Crippen LogP contribution in [0.3, 0.4) is 0 Å².